The first kappa shape index (κ1) is 11.5. The predicted molar refractivity (Wildman–Crippen MR) is 44.8 cm³/mol. The van der Waals surface area contributed by atoms with Gasteiger partial charge in [0.1, 0.15) is 0 Å². The van der Waals surface area contributed by atoms with Gasteiger partial charge in [0, 0.05) is 0 Å². The number of aliphatic hydroxyl groups is 1. The lowest BCUT2D eigenvalue weighted by atomic mass is 10.5. The number of nitrogens with zero attached hydrogens (tertiary/aromatic N) is 1. The predicted octanol–water partition coefficient (Wildman–Crippen LogP) is -0.370. The third-order valence-electron chi connectivity index (χ3n) is 1.02. The van der Waals surface area contributed by atoms with E-state index in [-0.39, 0.29) is 6.54 Å². The van der Waals surface area contributed by atoms with E-state index in [2.05, 4.69) is 0 Å². The summed E-state index contributed by atoms with van der Waals surface area (Å²) in [7, 11) is 2.65. The average Bonchev–Trinajstić information content (AvgIpc) is 1.82. The lowest BCUT2D eigenvalue weighted by Crippen LogP contribution is -2.39. The molecule has 0 spiro atoms. The number of carbonyl (C=O) groups is 1. The minimum absolute atomic E-state index is 0.0848. The maximum absolute atomic E-state index is 10.8. The van der Waals surface area contributed by atoms with Gasteiger partial charge in [-0.25, -0.2) is 0 Å². The van der Waals surface area contributed by atoms with Crippen molar-refractivity contribution in [3.05, 3.63) is 0 Å². The van der Waals surface area contributed by atoms with Crippen LogP contribution < -0.4 is 4.89 Å². The van der Waals surface area contributed by atoms with Crippen molar-refractivity contribution < 1.29 is 24.4 Å². The minimum atomic E-state index is -2.64. The molecule has 12 heavy (non-hydrogen) atoms. The van der Waals surface area contributed by atoms with E-state index in [0.29, 0.717) is 4.48 Å². The number of carboxylic acid groups (broad SMARTS) is 1. The molecule has 2 N–H and O–H groups in total. The monoisotopic (exact) mass is 194 g/mol. The molecule has 0 saturated heterocycles. The second kappa shape index (κ2) is 3.96. The fraction of sp³-hybridized carbons (Fsp3) is 0.667. The minimum Gasteiger partial charge on any atom is -0.619 e. The quantitative estimate of drug-likeness (QED) is 0.474. The molecule has 1 unspecified atom stereocenters. The molecule has 0 aromatic rings. The second-order valence-corrected chi connectivity index (χ2v) is 4.93. The van der Waals surface area contributed by atoms with Crippen LogP contribution in [0.1, 0.15) is 0 Å². The highest BCUT2D eigenvalue weighted by molar-refractivity contribution is 7.68. The van der Waals surface area contributed by atoms with Gasteiger partial charge in [0.15, 0.2) is 6.54 Å². The molecule has 0 rings (SSSR count). The zero-order chi connectivity index (χ0) is 9.94. The second-order valence-electron chi connectivity index (χ2n) is 3.44. The molecule has 0 aliphatic carbocycles. The van der Waals surface area contributed by atoms with Crippen molar-refractivity contribution in [3.8, 4) is 0 Å². The zero-order valence-corrected chi connectivity index (χ0v) is 8.21. The van der Waals surface area contributed by atoms with Gasteiger partial charge in [-0.15, -0.1) is 0 Å². The van der Waals surface area contributed by atoms with E-state index < -0.39 is 19.0 Å². The number of quaternary nitrogens is 1. The van der Waals surface area contributed by atoms with Crippen molar-refractivity contribution >= 4 is 19.0 Å². The lowest BCUT2D eigenvalue weighted by molar-refractivity contribution is -0.861. The molecule has 0 radical (unpaired) electrons. The molecule has 0 saturated carbocycles. The van der Waals surface area contributed by atoms with E-state index in [0.717, 1.165) is 0 Å². The number of hydrogen-bond donors (Lipinski definition) is 2. The molecular formula is C6H13NO4P+. The van der Waals surface area contributed by atoms with E-state index in [4.69, 9.17) is 10.2 Å². The molecule has 70 valence electrons. The summed E-state index contributed by atoms with van der Waals surface area (Å²) in [6, 6.07) is 0. The van der Waals surface area contributed by atoms with E-state index >= 15 is 0 Å². The van der Waals surface area contributed by atoms with Crippen LogP contribution in [0, 0.1) is 0 Å². The Kier molecular flexibility index (Phi) is 3.80. The van der Waals surface area contributed by atoms with Gasteiger partial charge in [-0.2, -0.15) is 4.79 Å². The van der Waals surface area contributed by atoms with Crippen molar-refractivity contribution in [3.63, 3.8) is 0 Å². The number of hydrogen-bond acceptors (Lipinski definition) is 2. The smallest absolute Gasteiger partial charge is 0.507 e. The van der Waals surface area contributed by atoms with Crippen LogP contribution in [0.5, 0.6) is 0 Å². The molecule has 0 amide bonds. The van der Waals surface area contributed by atoms with Gasteiger partial charge in [0.25, 0.3) is 5.48 Å². The highest BCUT2D eigenvalue weighted by atomic mass is 31.1. The maximum Gasteiger partial charge on any atom is 0.507 e. The summed E-state index contributed by atoms with van der Waals surface area (Å²) in [6.07, 6.45) is 0. The van der Waals surface area contributed by atoms with Crippen LogP contribution in [0.25, 0.3) is 0 Å². The summed E-state index contributed by atoms with van der Waals surface area (Å²) in [5, 5.41) is 17.3. The molecule has 0 aromatic carbocycles. The van der Waals surface area contributed by atoms with E-state index in [1.54, 1.807) is 21.1 Å². The third kappa shape index (κ3) is 4.41. The van der Waals surface area contributed by atoms with Crippen LogP contribution in [0.15, 0.2) is 0 Å². The van der Waals surface area contributed by atoms with Gasteiger partial charge < -0.3 is 19.6 Å². The number of aliphatic hydroxyl groups excluding tert-OH is 1. The van der Waals surface area contributed by atoms with Crippen LogP contribution in [-0.2, 0) is 0 Å². The molecule has 0 aromatic heterocycles. The van der Waals surface area contributed by atoms with Crippen LogP contribution in [0.2, 0.25) is 0 Å². The Bertz CT molecular complexity index is 218. The molecular weight excluding hydrogens is 181 g/mol. The lowest BCUT2D eigenvalue weighted by Gasteiger charge is -2.21. The Morgan fingerprint density at radius 1 is 1.42 bits per heavy atom. The number of rotatable bonds is 3. The molecule has 0 aliphatic heterocycles. The first-order chi connectivity index (χ1) is 5.24. The molecule has 0 fully saturated rings. The van der Waals surface area contributed by atoms with Gasteiger partial charge in [-0.05, 0) is 0 Å². The van der Waals surface area contributed by atoms with Crippen molar-refractivity contribution in [2.75, 3.05) is 27.7 Å². The third-order valence-corrected chi connectivity index (χ3v) is 1.98. The van der Waals surface area contributed by atoms with Crippen LogP contribution in [0.4, 0.5) is 4.79 Å². The summed E-state index contributed by atoms with van der Waals surface area (Å²) in [5.41, 5.74) is -1.94. The van der Waals surface area contributed by atoms with Crippen LogP contribution >= 0.6 is 7.77 Å². The van der Waals surface area contributed by atoms with Gasteiger partial charge in [-0.3, -0.25) is 0 Å². The van der Waals surface area contributed by atoms with Crippen molar-refractivity contribution in [1.29, 1.82) is 0 Å². The van der Waals surface area contributed by atoms with Gasteiger partial charge >= 0.3 is 5.71 Å². The summed E-state index contributed by atoms with van der Waals surface area (Å²) < 4.78 is 0.347. The highest BCUT2D eigenvalue weighted by Crippen LogP contribution is 2.14. The van der Waals surface area contributed by atoms with Crippen molar-refractivity contribution in [1.82, 2.24) is 0 Å². The van der Waals surface area contributed by atoms with Gasteiger partial charge in [0.2, 0.25) is 7.77 Å². The first-order valence-corrected chi connectivity index (χ1v) is 4.55. The maximum atomic E-state index is 10.8. The zero-order valence-electron chi connectivity index (χ0n) is 7.31. The fourth-order valence-corrected chi connectivity index (χ4v) is 1.37. The Labute approximate surface area is 71.9 Å². The van der Waals surface area contributed by atoms with Gasteiger partial charge in [-0.1, -0.05) is 0 Å². The van der Waals surface area contributed by atoms with Crippen molar-refractivity contribution in [2.24, 2.45) is 0 Å². The highest BCUT2D eigenvalue weighted by Gasteiger charge is 2.22. The van der Waals surface area contributed by atoms with Crippen molar-refractivity contribution in [2.45, 2.75) is 0 Å². The van der Waals surface area contributed by atoms with E-state index in [1.165, 1.54) is 0 Å². The Balaban J connectivity index is 4.49. The molecule has 0 bridgehead atoms. The Hall–Kier alpha value is -0.480. The first-order valence-electron chi connectivity index (χ1n) is 3.29. The van der Waals surface area contributed by atoms with Gasteiger partial charge in [0.05, 0.1) is 21.1 Å². The Morgan fingerprint density at radius 3 is 2.08 bits per heavy atom. The van der Waals surface area contributed by atoms with E-state index in [1.807, 2.05) is 0 Å². The normalized spacial score (nSPS) is 14.1. The van der Waals surface area contributed by atoms with Crippen LogP contribution in [-0.4, -0.2) is 53.6 Å². The summed E-state index contributed by atoms with van der Waals surface area (Å²) >= 11 is 0. The summed E-state index contributed by atoms with van der Waals surface area (Å²) in [6.45, 7) is 0.0848. The largest absolute Gasteiger partial charge is 0.619 e. The van der Waals surface area contributed by atoms with Crippen LogP contribution in [0.3, 0.4) is 0 Å². The topological polar surface area (TPSA) is 80.6 Å². The summed E-state index contributed by atoms with van der Waals surface area (Å²) in [5.74, 6) is 0. The molecule has 1 atom stereocenters. The molecule has 0 aliphatic rings. The molecule has 5 nitrogen and oxygen atoms in total. The average molecular weight is 194 g/mol. The van der Waals surface area contributed by atoms with E-state index in [9.17, 15) is 9.69 Å². The molecule has 0 heterocycles. The SMILES string of the molecule is C[N+](C)(C)C/C(O)=[P+](\[O-])C(=O)O. The summed E-state index contributed by atoms with van der Waals surface area (Å²) in [4.78, 5) is 20.9. The standard InChI is InChI=1S/C6H12NO4P/c1-7(2,3)4-5(8)12(11)6(9)10/h4H2,1-3H3,(H-,8,9,10)/p+1. The fourth-order valence-electron chi connectivity index (χ4n) is 0.599. The Morgan fingerprint density at radius 2 is 1.83 bits per heavy atom. The molecule has 6 heteroatoms. The number of likely N-dealkylation sites (N-methyl/N-ethyl adjacent to an activating group) is 1.